The van der Waals surface area contributed by atoms with Crippen LogP contribution in [0.25, 0.3) is 55.2 Å². The molecular formula is C24H18N6S. The number of benzene rings is 1. The standard InChI is InChI=1S/C24H18N6S/c1-13-7-9-25-12-17(13)15-4-5-18-16(11-15)21(30-29-18)24-27-19-8-10-26-23(22(19)28-24)20-6-3-14(2)31-20/h3-12H,1-2H3,(H,27,28)(H,29,30). The lowest BCUT2D eigenvalue weighted by Gasteiger charge is -2.05. The molecule has 0 spiro atoms. The van der Waals surface area contributed by atoms with Gasteiger partial charge in [-0.15, -0.1) is 11.3 Å². The van der Waals surface area contributed by atoms with Crippen LogP contribution < -0.4 is 0 Å². The van der Waals surface area contributed by atoms with Crippen molar-refractivity contribution in [3.05, 3.63) is 71.5 Å². The number of aryl methyl sites for hydroxylation is 2. The fourth-order valence-corrected chi connectivity index (χ4v) is 4.78. The molecule has 0 amide bonds. The first-order valence-corrected chi connectivity index (χ1v) is 10.8. The summed E-state index contributed by atoms with van der Waals surface area (Å²) in [7, 11) is 0. The van der Waals surface area contributed by atoms with Gasteiger partial charge in [0.05, 0.1) is 15.9 Å². The molecule has 7 heteroatoms. The van der Waals surface area contributed by atoms with E-state index in [0.717, 1.165) is 55.2 Å². The lowest BCUT2D eigenvalue weighted by atomic mass is 10.0. The van der Waals surface area contributed by atoms with Crippen molar-refractivity contribution in [1.82, 2.24) is 30.1 Å². The third-order valence-corrected chi connectivity index (χ3v) is 6.52. The highest BCUT2D eigenvalue weighted by Crippen LogP contribution is 2.34. The zero-order valence-electron chi connectivity index (χ0n) is 17.0. The molecule has 1 aromatic carbocycles. The molecule has 150 valence electrons. The Morgan fingerprint density at radius 3 is 2.68 bits per heavy atom. The predicted octanol–water partition coefficient (Wildman–Crippen LogP) is 5.91. The van der Waals surface area contributed by atoms with Crippen molar-refractivity contribution >= 4 is 33.3 Å². The Hall–Kier alpha value is -3.84. The first-order valence-electron chi connectivity index (χ1n) is 9.98. The Kier molecular flexibility index (Phi) is 3.97. The van der Waals surface area contributed by atoms with E-state index < -0.39 is 0 Å². The van der Waals surface area contributed by atoms with Gasteiger partial charge in [0.15, 0.2) is 5.82 Å². The number of fused-ring (bicyclic) bond motifs is 2. The highest BCUT2D eigenvalue weighted by molar-refractivity contribution is 7.15. The van der Waals surface area contributed by atoms with Gasteiger partial charge in [-0.1, -0.05) is 6.07 Å². The number of hydrogen-bond donors (Lipinski definition) is 2. The fourth-order valence-electron chi connectivity index (χ4n) is 3.92. The van der Waals surface area contributed by atoms with Crippen molar-refractivity contribution < 1.29 is 0 Å². The number of aromatic amines is 2. The van der Waals surface area contributed by atoms with Crippen LogP contribution in [0.4, 0.5) is 0 Å². The van der Waals surface area contributed by atoms with Crippen molar-refractivity contribution in [2.45, 2.75) is 13.8 Å². The zero-order valence-corrected chi connectivity index (χ0v) is 17.8. The molecule has 6 aromatic rings. The Balaban J connectivity index is 1.52. The minimum atomic E-state index is 0.726. The van der Waals surface area contributed by atoms with Gasteiger partial charge in [0, 0.05) is 34.4 Å². The zero-order chi connectivity index (χ0) is 20.9. The van der Waals surface area contributed by atoms with Crippen LogP contribution in [-0.2, 0) is 0 Å². The molecule has 0 radical (unpaired) electrons. The van der Waals surface area contributed by atoms with Gasteiger partial charge >= 0.3 is 0 Å². The average molecular weight is 423 g/mol. The monoisotopic (exact) mass is 422 g/mol. The van der Waals surface area contributed by atoms with E-state index in [1.807, 2.05) is 30.7 Å². The Labute approximate surface area is 182 Å². The van der Waals surface area contributed by atoms with Gasteiger partial charge in [-0.2, -0.15) is 5.10 Å². The number of nitrogens with zero attached hydrogens (tertiary/aromatic N) is 4. The van der Waals surface area contributed by atoms with Crippen molar-refractivity contribution in [1.29, 1.82) is 0 Å². The van der Waals surface area contributed by atoms with E-state index in [9.17, 15) is 0 Å². The van der Waals surface area contributed by atoms with Gasteiger partial charge < -0.3 is 4.98 Å². The number of pyridine rings is 2. The molecule has 6 nitrogen and oxygen atoms in total. The smallest absolute Gasteiger partial charge is 0.159 e. The predicted molar refractivity (Wildman–Crippen MR) is 125 cm³/mol. The van der Waals surface area contributed by atoms with Crippen molar-refractivity contribution in [3.8, 4) is 33.2 Å². The summed E-state index contributed by atoms with van der Waals surface area (Å²) in [5, 5.41) is 8.72. The summed E-state index contributed by atoms with van der Waals surface area (Å²) in [6.45, 7) is 4.19. The molecule has 0 unspecified atom stereocenters. The van der Waals surface area contributed by atoms with E-state index in [1.165, 1.54) is 10.4 Å². The van der Waals surface area contributed by atoms with E-state index in [-0.39, 0.29) is 0 Å². The molecule has 6 rings (SSSR count). The van der Waals surface area contributed by atoms with E-state index >= 15 is 0 Å². The van der Waals surface area contributed by atoms with Gasteiger partial charge in [-0.3, -0.25) is 15.1 Å². The van der Waals surface area contributed by atoms with Crippen molar-refractivity contribution in [2.24, 2.45) is 0 Å². The van der Waals surface area contributed by atoms with Crippen molar-refractivity contribution in [2.75, 3.05) is 0 Å². The molecule has 0 saturated heterocycles. The van der Waals surface area contributed by atoms with E-state index in [2.05, 4.69) is 69.3 Å². The summed E-state index contributed by atoms with van der Waals surface area (Å²) in [5.74, 6) is 0.726. The number of hydrogen-bond acceptors (Lipinski definition) is 5. The molecular weight excluding hydrogens is 404 g/mol. The van der Waals surface area contributed by atoms with Crippen LogP contribution in [-0.4, -0.2) is 30.1 Å². The number of aromatic nitrogens is 6. The number of imidazole rings is 1. The van der Waals surface area contributed by atoms with Gasteiger partial charge in [0.1, 0.15) is 16.9 Å². The summed E-state index contributed by atoms with van der Waals surface area (Å²) in [5.41, 5.74) is 7.86. The Morgan fingerprint density at radius 1 is 0.903 bits per heavy atom. The summed E-state index contributed by atoms with van der Waals surface area (Å²) < 4.78 is 0. The SMILES string of the molecule is Cc1ccc(-c2nccc3[nH]c(-c4n[nH]c5ccc(-c6cnccc6C)cc45)nc23)s1. The minimum Gasteiger partial charge on any atom is -0.336 e. The second kappa shape index (κ2) is 6.85. The number of thiophene rings is 1. The molecule has 0 atom stereocenters. The molecule has 0 fully saturated rings. The van der Waals surface area contributed by atoms with Crippen LogP contribution in [0.3, 0.4) is 0 Å². The first kappa shape index (κ1) is 18.0. The molecule has 0 aliphatic carbocycles. The maximum atomic E-state index is 4.90. The maximum absolute atomic E-state index is 4.90. The third kappa shape index (κ3) is 2.93. The van der Waals surface area contributed by atoms with Gasteiger partial charge in [0.25, 0.3) is 0 Å². The highest BCUT2D eigenvalue weighted by Gasteiger charge is 2.17. The molecule has 5 heterocycles. The Morgan fingerprint density at radius 2 is 1.84 bits per heavy atom. The van der Waals surface area contributed by atoms with E-state index in [1.54, 1.807) is 11.3 Å². The highest BCUT2D eigenvalue weighted by atomic mass is 32.1. The number of H-pyrrole nitrogens is 2. The summed E-state index contributed by atoms with van der Waals surface area (Å²) in [6.07, 6.45) is 5.54. The second-order valence-electron chi connectivity index (χ2n) is 7.57. The summed E-state index contributed by atoms with van der Waals surface area (Å²) in [4.78, 5) is 19.6. The molecule has 0 aliphatic heterocycles. The largest absolute Gasteiger partial charge is 0.336 e. The lowest BCUT2D eigenvalue weighted by molar-refractivity contribution is 1.11. The first-order chi connectivity index (χ1) is 15.2. The molecule has 0 bridgehead atoms. The van der Waals surface area contributed by atoms with Gasteiger partial charge in [0.2, 0.25) is 0 Å². The van der Waals surface area contributed by atoms with Gasteiger partial charge in [-0.05, 0) is 61.4 Å². The number of rotatable bonds is 3. The fraction of sp³-hybridized carbons (Fsp3) is 0.0833. The molecule has 2 N–H and O–H groups in total. The topological polar surface area (TPSA) is 83.1 Å². The molecule has 0 aliphatic rings. The van der Waals surface area contributed by atoms with Gasteiger partial charge in [-0.25, -0.2) is 4.98 Å². The lowest BCUT2D eigenvalue weighted by Crippen LogP contribution is -1.86. The van der Waals surface area contributed by atoms with Crippen molar-refractivity contribution in [3.63, 3.8) is 0 Å². The second-order valence-corrected chi connectivity index (χ2v) is 8.86. The molecule has 31 heavy (non-hydrogen) atoms. The number of nitrogens with one attached hydrogen (secondary N) is 2. The average Bonchev–Trinajstić information content (AvgIpc) is 3.50. The maximum Gasteiger partial charge on any atom is 0.159 e. The van der Waals surface area contributed by atoms with Crippen LogP contribution in [0.5, 0.6) is 0 Å². The minimum absolute atomic E-state index is 0.726. The Bertz CT molecular complexity index is 1570. The van der Waals surface area contributed by atoms with Crippen LogP contribution in [0.1, 0.15) is 10.4 Å². The van der Waals surface area contributed by atoms with Crippen LogP contribution >= 0.6 is 11.3 Å². The summed E-state index contributed by atoms with van der Waals surface area (Å²) in [6, 6.07) is 14.5. The molecule has 0 saturated carbocycles. The van der Waals surface area contributed by atoms with Crippen LogP contribution in [0.15, 0.2) is 61.1 Å². The quantitative estimate of drug-likeness (QED) is 0.371. The van der Waals surface area contributed by atoms with Crippen LogP contribution in [0, 0.1) is 13.8 Å². The summed E-state index contributed by atoms with van der Waals surface area (Å²) >= 11 is 1.72. The van der Waals surface area contributed by atoms with Crippen LogP contribution in [0.2, 0.25) is 0 Å². The molecule has 5 aromatic heterocycles. The third-order valence-electron chi connectivity index (χ3n) is 5.51. The van der Waals surface area contributed by atoms with E-state index in [0.29, 0.717) is 0 Å². The van der Waals surface area contributed by atoms with E-state index in [4.69, 9.17) is 4.98 Å². The normalized spacial score (nSPS) is 11.5.